The number of carboxylic acids is 2. The molecule has 25 N–H and O–H groups in total. The van der Waals surface area contributed by atoms with Crippen molar-refractivity contribution in [3.8, 4) is 5.75 Å². The van der Waals surface area contributed by atoms with Gasteiger partial charge in [-0.2, -0.15) is 0 Å². The van der Waals surface area contributed by atoms with Crippen molar-refractivity contribution in [3.63, 3.8) is 0 Å². The van der Waals surface area contributed by atoms with Crippen LogP contribution in [0.5, 0.6) is 5.75 Å². The number of carboxylic acid groups (broad SMARTS) is 2. The van der Waals surface area contributed by atoms with E-state index in [4.69, 9.17) is 28.7 Å². The first kappa shape index (κ1) is 76.4. The summed E-state index contributed by atoms with van der Waals surface area (Å²) < 4.78 is 0. The number of carbonyl (C=O) groups excluding carboxylic acids is 11. The van der Waals surface area contributed by atoms with Gasteiger partial charge in [-0.1, -0.05) is 26.0 Å². The van der Waals surface area contributed by atoms with Crippen molar-refractivity contribution in [2.45, 2.75) is 177 Å². The van der Waals surface area contributed by atoms with Gasteiger partial charge in [-0.25, -0.2) is 4.79 Å². The molecular weight excluding hydrogens is 1200 g/mol. The highest BCUT2D eigenvalue weighted by molar-refractivity contribution is 6.00. The smallest absolute Gasteiger partial charge is 0.326 e. The molecule has 35 nitrogen and oxygen atoms in total. The third-order valence-electron chi connectivity index (χ3n) is 14.9. The van der Waals surface area contributed by atoms with Crippen molar-refractivity contribution in [1.82, 2.24) is 58.1 Å². The second kappa shape index (κ2) is 39.4. The molecule has 2 fully saturated rings. The molecule has 1 aromatic rings. The van der Waals surface area contributed by atoms with Crippen molar-refractivity contribution in [1.29, 1.82) is 0 Å². The number of phenols is 1. The first-order valence-corrected chi connectivity index (χ1v) is 30.1. The number of hydrogen-bond acceptors (Lipinski definition) is 20. The van der Waals surface area contributed by atoms with Gasteiger partial charge < -0.3 is 112 Å². The molecule has 0 aromatic heterocycles. The highest BCUT2D eigenvalue weighted by atomic mass is 16.4. The second-order valence-electron chi connectivity index (χ2n) is 22.4. The molecule has 508 valence electrons. The van der Waals surface area contributed by atoms with Crippen molar-refractivity contribution in [2.24, 2.45) is 39.6 Å². The Morgan fingerprint density at radius 3 is 1.59 bits per heavy atom. The van der Waals surface area contributed by atoms with Crippen molar-refractivity contribution >= 4 is 82.9 Å². The summed E-state index contributed by atoms with van der Waals surface area (Å²) in [5, 5.41) is 74.9. The number of nitrogens with two attached hydrogens (primary N) is 5. The zero-order valence-electron chi connectivity index (χ0n) is 51.1. The minimum Gasteiger partial charge on any atom is -0.508 e. The zero-order chi connectivity index (χ0) is 67.9. The number of benzene rings is 1. The molecule has 2 aliphatic rings. The van der Waals surface area contributed by atoms with E-state index in [1.165, 1.54) is 24.3 Å². The van der Waals surface area contributed by atoms with Gasteiger partial charge in [-0.3, -0.25) is 62.5 Å². The number of carbonyl (C=O) groups is 13. The van der Waals surface area contributed by atoms with Gasteiger partial charge in [0.15, 0.2) is 5.96 Å². The highest BCUT2D eigenvalue weighted by Crippen LogP contribution is 2.20. The molecule has 0 saturated carbocycles. The Morgan fingerprint density at radius 2 is 1.07 bits per heavy atom. The SMILES string of the molecule is CC(C)[C@H](NC(=O)[C@H](CCCCN)NC(=O)[C@@H]1CCCN1)C(=O)N[C@@H](CCCCN)C(=O)N[C@@H](CO)C(=O)N1CCC[C@H]1C(=O)N[C@@H](CCCN=C(N)N)C(=O)N[C@@H](CC(=O)O)C(=O)N[C@@H](Cc1ccc(O)cc1)C(=O)N[C@@H](CO)C(=O)N[C@@H](CC(N)=O)C(=O)O. The van der Waals surface area contributed by atoms with Gasteiger partial charge in [-0.05, 0) is 120 Å². The summed E-state index contributed by atoms with van der Waals surface area (Å²) in [6.45, 7) is 2.17. The van der Waals surface area contributed by atoms with Gasteiger partial charge in [0.2, 0.25) is 65.0 Å². The van der Waals surface area contributed by atoms with E-state index >= 15 is 0 Å². The van der Waals surface area contributed by atoms with Crippen LogP contribution in [0.2, 0.25) is 0 Å². The zero-order valence-corrected chi connectivity index (χ0v) is 51.1. The van der Waals surface area contributed by atoms with E-state index in [0.29, 0.717) is 45.2 Å². The lowest BCUT2D eigenvalue weighted by molar-refractivity contribution is -0.144. The van der Waals surface area contributed by atoms with Gasteiger partial charge in [-0.15, -0.1) is 0 Å². The Morgan fingerprint density at radius 1 is 0.571 bits per heavy atom. The van der Waals surface area contributed by atoms with E-state index in [9.17, 15) is 87.9 Å². The van der Waals surface area contributed by atoms with Crippen molar-refractivity contribution < 1.29 is 87.9 Å². The van der Waals surface area contributed by atoms with Gasteiger partial charge in [0, 0.05) is 19.5 Å². The molecule has 3 rings (SSSR count). The summed E-state index contributed by atoms with van der Waals surface area (Å²) >= 11 is 0. The maximum absolute atomic E-state index is 14.3. The molecule has 2 saturated heterocycles. The number of amides is 11. The largest absolute Gasteiger partial charge is 0.508 e. The van der Waals surface area contributed by atoms with Gasteiger partial charge in [0.1, 0.15) is 66.2 Å². The molecular formula is C56H91N17O18. The molecule has 0 bridgehead atoms. The number of nitrogens with one attached hydrogen (secondary N) is 10. The minimum absolute atomic E-state index is 0.0110. The number of aliphatic carboxylic acids is 2. The van der Waals surface area contributed by atoms with Crippen LogP contribution in [0, 0.1) is 5.92 Å². The lowest BCUT2D eigenvalue weighted by Gasteiger charge is -2.31. The second-order valence-corrected chi connectivity index (χ2v) is 22.4. The predicted octanol–water partition coefficient (Wildman–Crippen LogP) is -7.57. The standard InChI is InChI=1S/C56H91N17O18/c1-29(2)44(72-48(83)34(11-4-6-20-58)64-45(80)32-12-7-21-62-32)53(88)66-33(10-3-5-19-57)47(82)71-40(28-75)54(89)73-23-9-14-41(73)52(87)65-35(13-8-22-63-56(60)61)46(81)68-37(26-43(78)79)50(85)67-36(24-30-15-17-31(76)18-16-30)49(84)70-39(27-74)51(86)69-38(55(90)91)25-42(59)77/h15-18,29,32-41,44,62,74-76H,3-14,19-28,57-58H2,1-2H3,(H2,59,77)(H,64,80)(H,65,87)(H,66,88)(H,67,85)(H,68,81)(H,69,86)(H,70,84)(H,71,82)(H,72,83)(H,78,79)(H,90,91)(H4,60,61,63)/t32-,33-,34-,35-,36-,37-,38-,39-,40-,41-,44-/m0/s1. The Hall–Kier alpha value is -8.80. The van der Waals surface area contributed by atoms with E-state index in [-0.39, 0.29) is 81.3 Å². The Balaban J connectivity index is 1.87. The monoisotopic (exact) mass is 1290 g/mol. The maximum atomic E-state index is 14.3. The molecule has 2 heterocycles. The van der Waals surface area contributed by atoms with E-state index in [0.717, 1.165) is 11.3 Å². The maximum Gasteiger partial charge on any atom is 0.326 e. The number of rotatable bonds is 41. The number of aliphatic hydroxyl groups is 2. The average molecular weight is 1290 g/mol. The van der Waals surface area contributed by atoms with Crippen molar-refractivity contribution in [2.75, 3.05) is 45.9 Å². The first-order chi connectivity index (χ1) is 43.1. The summed E-state index contributed by atoms with van der Waals surface area (Å²) in [5.74, 6) is -15.1. The van der Waals surface area contributed by atoms with Crippen LogP contribution < -0.4 is 81.8 Å². The fourth-order valence-corrected chi connectivity index (χ4v) is 9.90. The van der Waals surface area contributed by atoms with Crippen molar-refractivity contribution in [3.05, 3.63) is 29.8 Å². The summed E-state index contributed by atoms with van der Waals surface area (Å²) in [7, 11) is 0. The molecule has 2 aliphatic heterocycles. The number of unbranched alkanes of at least 4 members (excludes halogenated alkanes) is 2. The van der Waals surface area contributed by atoms with Gasteiger partial charge in [0.25, 0.3) is 0 Å². The Kier molecular flexibility index (Phi) is 33.1. The third kappa shape index (κ3) is 26.3. The number of likely N-dealkylation sites (tertiary alicyclic amines) is 1. The number of aliphatic imine (C=N–C) groups is 1. The number of nitrogens with zero attached hydrogens (tertiary/aromatic N) is 2. The lowest BCUT2D eigenvalue weighted by atomic mass is 10.00. The molecule has 1 aromatic carbocycles. The van der Waals surface area contributed by atoms with E-state index in [2.05, 4.69) is 52.8 Å². The van der Waals surface area contributed by atoms with E-state index in [1.54, 1.807) is 13.8 Å². The van der Waals surface area contributed by atoms with Crippen LogP contribution in [0.15, 0.2) is 29.3 Å². The van der Waals surface area contributed by atoms with Crippen LogP contribution in [0.1, 0.15) is 109 Å². The van der Waals surface area contributed by atoms with E-state index < -0.39 is 176 Å². The van der Waals surface area contributed by atoms with Crippen LogP contribution >= 0.6 is 0 Å². The Labute approximate surface area is 525 Å². The number of hydrogen-bond donors (Lipinski definition) is 20. The number of primary amides is 1. The highest BCUT2D eigenvalue weighted by Gasteiger charge is 2.41. The molecule has 0 unspecified atom stereocenters. The molecule has 91 heavy (non-hydrogen) atoms. The summed E-state index contributed by atoms with van der Waals surface area (Å²) in [6, 6.07) is -11.2. The quantitative estimate of drug-likeness (QED) is 0.0164. The number of aromatic hydroxyl groups is 1. The van der Waals surface area contributed by atoms with E-state index in [1.807, 2.05) is 5.32 Å². The fraction of sp³-hybridized carbons (Fsp3) is 0.643. The van der Waals surface area contributed by atoms with Crippen LogP contribution in [-0.2, 0) is 68.7 Å². The summed E-state index contributed by atoms with van der Waals surface area (Å²) in [6.07, 6.45) is 0.775. The molecule has 11 atom stereocenters. The van der Waals surface area contributed by atoms with Gasteiger partial charge >= 0.3 is 11.9 Å². The topological polar surface area (TPSA) is 589 Å². The minimum atomic E-state index is -2.03. The number of guanidine groups is 1. The fourth-order valence-electron chi connectivity index (χ4n) is 9.90. The molecule has 0 aliphatic carbocycles. The normalized spacial score (nSPS) is 17.4. The summed E-state index contributed by atoms with van der Waals surface area (Å²) in [4.78, 5) is 179. The molecule has 11 amide bonds. The van der Waals surface area contributed by atoms with Gasteiger partial charge in [0.05, 0.1) is 32.1 Å². The third-order valence-corrected chi connectivity index (χ3v) is 14.9. The number of aliphatic hydroxyl groups excluding tert-OH is 2. The Bertz CT molecular complexity index is 2690. The number of phenolic OH excluding ortho intramolecular Hbond substituents is 1. The average Bonchev–Trinajstić information content (AvgIpc) is 2.51. The lowest BCUT2D eigenvalue weighted by Crippen LogP contribution is -2.61. The molecule has 35 heteroatoms. The predicted molar refractivity (Wildman–Crippen MR) is 323 cm³/mol. The van der Waals surface area contributed by atoms with Crippen LogP contribution in [0.4, 0.5) is 0 Å². The van der Waals surface area contributed by atoms with Crippen LogP contribution in [0.25, 0.3) is 0 Å². The first-order valence-electron chi connectivity index (χ1n) is 30.1. The van der Waals surface area contributed by atoms with Crippen LogP contribution in [-0.4, -0.2) is 226 Å². The summed E-state index contributed by atoms with van der Waals surface area (Å²) in [5.41, 5.74) is 27.8. The van der Waals surface area contributed by atoms with Crippen LogP contribution in [0.3, 0.4) is 0 Å². The molecule has 0 radical (unpaired) electrons. The molecule has 0 spiro atoms.